The van der Waals surface area contributed by atoms with Crippen LogP contribution in [0.3, 0.4) is 0 Å². The van der Waals surface area contributed by atoms with E-state index in [0.29, 0.717) is 0 Å². The first kappa shape index (κ1) is 8.99. The molecule has 0 aliphatic heterocycles. The Balaban J connectivity index is 2.71. The zero-order valence-corrected chi connectivity index (χ0v) is 8.70. The van der Waals surface area contributed by atoms with Crippen LogP contribution in [0.2, 0.25) is 0 Å². The topological polar surface area (TPSA) is 42.2 Å². The highest BCUT2D eigenvalue weighted by atomic mass is 15.2. The summed E-state index contributed by atoms with van der Waals surface area (Å²) in [5, 5.41) is 7.51. The van der Waals surface area contributed by atoms with Gasteiger partial charge in [0.15, 0.2) is 5.82 Å². The van der Waals surface area contributed by atoms with Crippen LogP contribution in [-0.2, 0) is 6.42 Å². The molecule has 0 aromatic carbocycles. The number of aromatic nitrogens is 3. The largest absolute Gasteiger partial charge is 0.371 e. The molecule has 0 saturated heterocycles. The van der Waals surface area contributed by atoms with Gasteiger partial charge in [-0.05, 0) is 19.4 Å². The first-order valence-corrected chi connectivity index (χ1v) is 4.78. The van der Waals surface area contributed by atoms with E-state index in [-0.39, 0.29) is 0 Å². The normalized spacial score (nSPS) is 10.8. The molecule has 0 radical (unpaired) electrons. The third kappa shape index (κ3) is 1.32. The monoisotopic (exact) mass is 190 g/mol. The van der Waals surface area contributed by atoms with Gasteiger partial charge in [0.05, 0.1) is 17.6 Å². The van der Waals surface area contributed by atoms with Gasteiger partial charge in [0, 0.05) is 7.05 Å². The van der Waals surface area contributed by atoms with E-state index in [4.69, 9.17) is 0 Å². The van der Waals surface area contributed by atoms with Crippen molar-refractivity contribution in [2.75, 3.05) is 12.4 Å². The van der Waals surface area contributed by atoms with Gasteiger partial charge in [-0.1, -0.05) is 6.92 Å². The Labute approximate surface area is 83.0 Å². The van der Waals surface area contributed by atoms with Crippen molar-refractivity contribution in [2.45, 2.75) is 20.3 Å². The Morgan fingerprint density at radius 1 is 1.50 bits per heavy atom. The van der Waals surface area contributed by atoms with Crippen LogP contribution in [0.15, 0.2) is 12.3 Å². The van der Waals surface area contributed by atoms with Gasteiger partial charge in [-0.3, -0.25) is 0 Å². The summed E-state index contributed by atoms with van der Waals surface area (Å²) in [6.07, 6.45) is 2.89. The van der Waals surface area contributed by atoms with Gasteiger partial charge in [0.2, 0.25) is 0 Å². The van der Waals surface area contributed by atoms with E-state index >= 15 is 0 Å². The number of rotatable bonds is 2. The van der Waals surface area contributed by atoms with Gasteiger partial charge >= 0.3 is 0 Å². The van der Waals surface area contributed by atoms with Crippen LogP contribution in [-0.4, -0.2) is 21.6 Å². The fourth-order valence-electron chi connectivity index (χ4n) is 1.52. The standard InChI is InChI=1S/C10H14N4/c1-4-8-5-9-10(11-3)12-7(2)6-14(9)13-8/h5-6H,4H2,1-3H3,(H,11,12). The molecule has 0 atom stereocenters. The molecule has 0 aliphatic rings. The molecule has 2 rings (SSSR count). The number of hydrogen-bond donors (Lipinski definition) is 1. The van der Waals surface area contributed by atoms with Crippen LogP contribution in [0.25, 0.3) is 5.52 Å². The minimum Gasteiger partial charge on any atom is -0.371 e. The summed E-state index contributed by atoms with van der Waals surface area (Å²) < 4.78 is 1.88. The molecule has 0 bridgehead atoms. The summed E-state index contributed by atoms with van der Waals surface area (Å²) in [4.78, 5) is 4.40. The Morgan fingerprint density at radius 3 is 2.93 bits per heavy atom. The van der Waals surface area contributed by atoms with E-state index in [1.54, 1.807) is 0 Å². The first-order chi connectivity index (χ1) is 6.74. The molecule has 2 aromatic heterocycles. The highest BCUT2D eigenvalue weighted by molar-refractivity contribution is 5.67. The third-order valence-electron chi connectivity index (χ3n) is 2.23. The maximum atomic E-state index is 4.44. The maximum Gasteiger partial charge on any atom is 0.152 e. The zero-order valence-electron chi connectivity index (χ0n) is 8.70. The molecule has 0 saturated carbocycles. The van der Waals surface area contributed by atoms with E-state index in [9.17, 15) is 0 Å². The van der Waals surface area contributed by atoms with Crippen LogP contribution in [0.5, 0.6) is 0 Å². The number of nitrogens with zero attached hydrogens (tertiary/aromatic N) is 3. The lowest BCUT2D eigenvalue weighted by Gasteiger charge is -2.02. The first-order valence-electron chi connectivity index (χ1n) is 4.78. The molecule has 4 nitrogen and oxygen atoms in total. The molecule has 1 N–H and O–H groups in total. The molecule has 2 aromatic rings. The van der Waals surface area contributed by atoms with Crippen molar-refractivity contribution < 1.29 is 0 Å². The number of fused-ring (bicyclic) bond motifs is 1. The molecule has 0 amide bonds. The molecule has 0 aliphatic carbocycles. The average Bonchev–Trinajstić information content (AvgIpc) is 2.59. The van der Waals surface area contributed by atoms with Gasteiger partial charge in [0.25, 0.3) is 0 Å². The van der Waals surface area contributed by atoms with Gasteiger partial charge in [-0.2, -0.15) is 5.10 Å². The van der Waals surface area contributed by atoms with Crippen molar-refractivity contribution >= 4 is 11.3 Å². The molecular formula is C10H14N4. The summed E-state index contributed by atoms with van der Waals surface area (Å²) >= 11 is 0. The Kier molecular flexibility index (Phi) is 2.11. The smallest absolute Gasteiger partial charge is 0.152 e. The third-order valence-corrected chi connectivity index (χ3v) is 2.23. The summed E-state index contributed by atoms with van der Waals surface area (Å²) in [7, 11) is 1.88. The van der Waals surface area contributed by atoms with Crippen LogP contribution >= 0.6 is 0 Å². The van der Waals surface area contributed by atoms with Gasteiger partial charge in [-0.15, -0.1) is 0 Å². The Hall–Kier alpha value is -1.58. The molecule has 0 fully saturated rings. The fraction of sp³-hybridized carbons (Fsp3) is 0.400. The Bertz CT molecular complexity index is 458. The number of aryl methyl sites for hydroxylation is 2. The maximum absolute atomic E-state index is 4.44. The second-order valence-corrected chi connectivity index (χ2v) is 3.30. The molecule has 0 spiro atoms. The second kappa shape index (κ2) is 3.29. The predicted molar refractivity (Wildman–Crippen MR) is 56.6 cm³/mol. The lowest BCUT2D eigenvalue weighted by Crippen LogP contribution is -1.99. The van der Waals surface area contributed by atoms with E-state index < -0.39 is 0 Å². The van der Waals surface area contributed by atoms with Crippen molar-refractivity contribution in [1.82, 2.24) is 14.6 Å². The summed E-state index contributed by atoms with van der Waals surface area (Å²) in [5.74, 6) is 0.886. The van der Waals surface area contributed by atoms with Crippen molar-refractivity contribution in [3.63, 3.8) is 0 Å². The van der Waals surface area contributed by atoms with Crippen molar-refractivity contribution in [3.05, 3.63) is 23.7 Å². The highest BCUT2D eigenvalue weighted by Gasteiger charge is 2.05. The lowest BCUT2D eigenvalue weighted by atomic mass is 10.3. The minimum atomic E-state index is 0.886. The second-order valence-electron chi connectivity index (χ2n) is 3.30. The molecule has 2 heterocycles. The number of anilines is 1. The van der Waals surface area contributed by atoms with Crippen LogP contribution in [0.4, 0.5) is 5.82 Å². The van der Waals surface area contributed by atoms with Crippen LogP contribution in [0, 0.1) is 6.92 Å². The SMILES string of the molecule is CCc1cc2c(NC)nc(C)cn2n1. The van der Waals surface area contributed by atoms with Crippen LogP contribution in [0.1, 0.15) is 18.3 Å². The fourth-order valence-corrected chi connectivity index (χ4v) is 1.52. The molecule has 0 unspecified atom stereocenters. The minimum absolute atomic E-state index is 0.886. The molecule has 74 valence electrons. The highest BCUT2D eigenvalue weighted by Crippen LogP contribution is 2.15. The zero-order chi connectivity index (χ0) is 10.1. The molecule has 4 heteroatoms. The summed E-state index contributed by atoms with van der Waals surface area (Å²) in [6.45, 7) is 4.06. The predicted octanol–water partition coefficient (Wildman–Crippen LogP) is 1.64. The van der Waals surface area contributed by atoms with Gasteiger partial charge < -0.3 is 5.32 Å². The summed E-state index contributed by atoms with van der Waals surface area (Å²) in [5.41, 5.74) is 3.09. The average molecular weight is 190 g/mol. The Morgan fingerprint density at radius 2 is 2.29 bits per heavy atom. The van der Waals surface area contributed by atoms with E-state index in [1.165, 1.54) is 0 Å². The van der Waals surface area contributed by atoms with Crippen molar-refractivity contribution in [2.24, 2.45) is 0 Å². The lowest BCUT2D eigenvalue weighted by molar-refractivity contribution is 0.881. The number of hydrogen-bond acceptors (Lipinski definition) is 3. The van der Waals surface area contributed by atoms with Crippen molar-refractivity contribution in [3.8, 4) is 0 Å². The van der Waals surface area contributed by atoms with Crippen molar-refractivity contribution in [1.29, 1.82) is 0 Å². The molecular weight excluding hydrogens is 176 g/mol. The number of nitrogens with one attached hydrogen (secondary N) is 1. The molecule has 14 heavy (non-hydrogen) atoms. The van der Waals surface area contributed by atoms with E-state index in [2.05, 4.69) is 28.4 Å². The summed E-state index contributed by atoms with van der Waals surface area (Å²) in [6, 6.07) is 2.07. The van der Waals surface area contributed by atoms with Gasteiger partial charge in [-0.25, -0.2) is 9.50 Å². The van der Waals surface area contributed by atoms with Crippen LogP contribution < -0.4 is 5.32 Å². The van der Waals surface area contributed by atoms with E-state index in [0.717, 1.165) is 29.1 Å². The van der Waals surface area contributed by atoms with Gasteiger partial charge in [0.1, 0.15) is 5.52 Å². The van der Waals surface area contributed by atoms with E-state index in [1.807, 2.05) is 24.7 Å². The quantitative estimate of drug-likeness (QED) is 0.782.